The summed E-state index contributed by atoms with van der Waals surface area (Å²) in [6.07, 6.45) is -0.609. The third-order valence-corrected chi connectivity index (χ3v) is 3.43. The lowest BCUT2D eigenvalue weighted by Crippen LogP contribution is -2.30. The van der Waals surface area contributed by atoms with E-state index in [-0.39, 0.29) is 18.3 Å². The topological polar surface area (TPSA) is 64.3 Å². The molecule has 0 aromatic heterocycles. The molecular weight excluding hydrogens is 312 g/mol. The van der Waals surface area contributed by atoms with Crippen molar-refractivity contribution < 1.29 is 9.53 Å². The number of hydrogen-bond donors (Lipinski definition) is 2. The average molecular weight is 335 g/mol. The molecule has 0 saturated carbocycles. The van der Waals surface area contributed by atoms with Crippen molar-refractivity contribution in [3.05, 3.63) is 54.1 Å². The van der Waals surface area contributed by atoms with Crippen molar-refractivity contribution in [3.63, 3.8) is 0 Å². The van der Waals surface area contributed by atoms with Crippen molar-refractivity contribution in [2.24, 2.45) is 0 Å². The second-order valence-electron chi connectivity index (χ2n) is 5.56. The summed E-state index contributed by atoms with van der Waals surface area (Å²) in [5.74, 6) is 0.875. The Labute approximate surface area is 143 Å². The molecule has 4 nitrogen and oxygen atoms in total. The Bertz CT molecular complexity index is 659. The Morgan fingerprint density at radius 1 is 1.09 bits per heavy atom. The molecule has 0 heterocycles. The minimum atomic E-state index is -0.609. The monoisotopic (exact) mass is 334 g/mol. The zero-order valence-electron chi connectivity index (χ0n) is 13.6. The fourth-order valence-electron chi connectivity index (χ4n) is 2.05. The molecule has 3 N–H and O–H groups in total. The quantitative estimate of drug-likeness (QED) is 0.804. The molecule has 5 heteroatoms. The van der Waals surface area contributed by atoms with Gasteiger partial charge in [0.15, 0.2) is 6.10 Å². The maximum Gasteiger partial charge on any atom is 0.265 e. The maximum atomic E-state index is 12.2. The number of anilines is 2. The lowest BCUT2D eigenvalue weighted by Gasteiger charge is -2.16. The van der Waals surface area contributed by atoms with E-state index in [1.54, 1.807) is 19.1 Å². The van der Waals surface area contributed by atoms with Crippen molar-refractivity contribution in [2.45, 2.75) is 32.8 Å². The lowest BCUT2D eigenvalue weighted by molar-refractivity contribution is -0.122. The van der Waals surface area contributed by atoms with Gasteiger partial charge in [-0.15, -0.1) is 12.4 Å². The molecule has 2 aromatic carbocycles. The molecule has 0 radical (unpaired) electrons. The van der Waals surface area contributed by atoms with Crippen molar-refractivity contribution in [2.75, 3.05) is 11.1 Å². The molecule has 2 aromatic rings. The molecule has 0 aliphatic carbocycles. The van der Waals surface area contributed by atoms with Gasteiger partial charge in [-0.25, -0.2) is 0 Å². The van der Waals surface area contributed by atoms with E-state index in [1.807, 2.05) is 36.4 Å². The molecule has 0 bridgehead atoms. The number of rotatable bonds is 5. The van der Waals surface area contributed by atoms with Gasteiger partial charge in [0.1, 0.15) is 5.75 Å². The van der Waals surface area contributed by atoms with Crippen LogP contribution in [0.3, 0.4) is 0 Å². The predicted molar refractivity (Wildman–Crippen MR) is 97.4 cm³/mol. The van der Waals surface area contributed by atoms with Gasteiger partial charge in [-0.05, 0) is 42.7 Å². The SMILES string of the molecule is CC(Oc1cccc(C(C)C)c1)C(=O)Nc1ccccc1N.Cl. The first-order chi connectivity index (χ1) is 10.5. The minimum Gasteiger partial charge on any atom is -0.481 e. The van der Waals surface area contributed by atoms with E-state index in [2.05, 4.69) is 19.2 Å². The van der Waals surface area contributed by atoms with E-state index >= 15 is 0 Å². The number of amides is 1. The van der Waals surface area contributed by atoms with Crippen molar-refractivity contribution in [3.8, 4) is 5.75 Å². The lowest BCUT2D eigenvalue weighted by atomic mass is 10.0. The van der Waals surface area contributed by atoms with E-state index in [1.165, 1.54) is 5.56 Å². The summed E-state index contributed by atoms with van der Waals surface area (Å²) in [4.78, 5) is 12.2. The number of carbonyl (C=O) groups excluding carboxylic acids is 1. The number of nitrogen functional groups attached to an aromatic ring is 1. The molecule has 0 saturated heterocycles. The van der Waals surface area contributed by atoms with Gasteiger partial charge < -0.3 is 15.8 Å². The smallest absolute Gasteiger partial charge is 0.265 e. The molecule has 1 atom stereocenters. The van der Waals surface area contributed by atoms with Crippen LogP contribution in [0.4, 0.5) is 11.4 Å². The van der Waals surface area contributed by atoms with Crippen molar-refractivity contribution in [1.29, 1.82) is 0 Å². The van der Waals surface area contributed by atoms with Crippen molar-refractivity contribution in [1.82, 2.24) is 0 Å². The van der Waals surface area contributed by atoms with Crippen molar-refractivity contribution >= 4 is 29.7 Å². The van der Waals surface area contributed by atoms with Crippen LogP contribution in [0.2, 0.25) is 0 Å². The number of ether oxygens (including phenoxy) is 1. The number of carbonyl (C=O) groups is 1. The molecule has 124 valence electrons. The maximum absolute atomic E-state index is 12.2. The standard InChI is InChI=1S/C18H22N2O2.ClH/c1-12(2)14-7-6-8-15(11-14)22-13(3)18(21)20-17-10-5-4-9-16(17)19;/h4-13H,19H2,1-3H3,(H,20,21);1H. The number of hydrogen-bond acceptors (Lipinski definition) is 3. The van der Waals surface area contributed by atoms with Gasteiger partial charge >= 0.3 is 0 Å². The highest BCUT2D eigenvalue weighted by molar-refractivity contribution is 5.96. The van der Waals surface area contributed by atoms with Gasteiger partial charge in [-0.1, -0.05) is 38.1 Å². The molecular formula is C18H23ClN2O2. The summed E-state index contributed by atoms with van der Waals surface area (Å²) in [6.45, 7) is 5.96. The summed E-state index contributed by atoms with van der Waals surface area (Å²) >= 11 is 0. The molecule has 1 unspecified atom stereocenters. The van der Waals surface area contributed by atoms with Crippen LogP contribution in [-0.4, -0.2) is 12.0 Å². The summed E-state index contributed by atoms with van der Waals surface area (Å²) in [7, 11) is 0. The summed E-state index contributed by atoms with van der Waals surface area (Å²) in [5.41, 5.74) is 8.13. The Morgan fingerprint density at radius 2 is 1.78 bits per heavy atom. The van der Waals surface area contributed by atoms with E-state index in [0.717, 1.165) is 0 Å². The molecule has 0 aliphatic rings. The number of benzene rings is 2. The van der Waals surface area contributed by atoms with E-state index in [4.69, 9.17) is 10.5 Å². The fraction of sp³-hybridized carbons (Fsp3) is 0.278. The Hall–Kier alpha value is -2.20. The van der Waals surface area contributed by atoms with E-state index in [9.17, 15) is 4.79 Å². The van der Waals surface area contributed by atoms with Crippen LogP contribution in [0.15, 0.2) is 48.5 Å². The van der Waals surface area contributed by atoms with Crippen LogP contribution in [0.5, 0.6) is 5.75 Å². The zero-order chi connectivity index (χ0) is 16.1. The van der Waals surface area contributed by atoms with Gasteiger partial charge in [0, 0.05) is 0 Å². The Morgan fingerprint density at radius 3 is 2.43 bits per heavy atom. The van der Waals surface area contributed by atoms with E-state index in [0.29, 0.717) is 23.0 Å². The van der Waals surface area contributed by atoms with Gasteiger partial charge in [0.2, 0.25) is 0 Å². The van der Waals surface area contributed by atoms with Crippen LogP contribution in [-0.2, 0) is 4.79 Å². The highest BCUT2D eigenvalue weighted by atomic mass is 35.5. The van der Waals surface area contributed by atoms with Gasteiger partial charge in [-0.3, -0.25) is 4.79 Å². The second kappa shape index (κ2) is 8.44. The van der Waals surface area contributed by atoms with Gasteiger partial charge in [-0.2, -0.15) is 0 Å². The highest BCUT2D eigenvalue weighted by Gasteiger charge is 2.16. The van der Waals surface area contributed by atoms with Crippen LogP contribution in [0.1, 0.15) is 32.3 Å². The van der Waals surface area contributed by atoms with Crippen LogP contribution in [0.25, 0.3) is 0 Å². The summed E-state index contributed by atoms with van der Waals surface area (Å²) in [5, 5.41) is 2.78. The number of nitrogens with two attached hydrogens (primary N) is 1. The molecule has 0 fully saturated rings. The fourth-order valence-corrected chi connectivity index (χ4v) is 2.05. The Balaban J connectivity index is 0.00000264. The predicted octanol–water partition coefficient (Wildman–Crippen LogP) is 4.22. The summed E-state index contributed by atoms with van der Waals surface area (Å²) in [6, 6.07) is 15.0. The normalized spacial score (nSPS) is 11.5. The van der Waals surface area contributed by atoms with E-state index < -0.39 is 6.10 Å². The molecule has 23 heavy (non-hydrogen) atoms. The van der Waals surface area contributed by atoms with Crippen LogP contribution in [0, 0.1) is 0 Å². The second-order valence-corrected chi connectivity index (χ2v) is 5.56. The molecule has 2 rings (SSSR count). The first-order valence-electron chi connectivity index (χ1n) is 7.39. The third kappa shape index (κ3) is 5.18. The van der Waals surface area contributed by atoms with Gasteiger partial charge in [0.05, 0.1) is 11.4 Å². The number of para-hydroxylation sites is 2. The molecule has 1 amide bonds. The largest absolute Gasteiger partial charge is 0.481 e. The molecule has 0 aliphatic heterocycles. The van der Waals surface area contributed by atoms with Gasteiger partial charge in [0.25, 0.3) is 5.91 Å². The number of nitrogens with one attached hydrogen (secondary N) is 1. The highest BCUT2D eigenvalue weighted by Crippen LogP contribution is 2.22. The minimum absolute atomic E-state index is 0. The molecule has 0 spiro atoms. The first-order valence-corrected chi connectivity index (χ1v) is 7.39. The Kier molecular flexibility index (Phi) is 6.91. The van der Waals surface area contributed by atoms with Crippen LogP contribution >= 0.6 is 12.4 Å². The zero-order valence-corrected chi connectivity index (χ0v) is 14.4. The average Bonchev–Trinajstić information content (AvgIpc) is 2.49. The van der Waals surface area contributed by atoms with Crippen LogP contribution < -0.4 is 15.8 Å². The first kappa shape index (κ1) is 18.8. The third-order valence-electron chi connectivity index (χ3n) is 3.43. The summed E-state index contributed by atoms with van der Waals surface area (Å²) < 4.78 is 5.73. The number of halogens is 1.